The molecular weight excluding hydrogens is 208 g/mol. The quantitative estimate of drug-likeness (QED) is 0.870. The number of hydrogen-bond acceptors (Lipinski definition) is 2. The molecule has 0 radical (unpaired) electrons. The minimum atomic E-state index is 0.166. The summed E-state index contributed by atoms with van der Waals surface area (Å²) in [5.41, 5.74) is 10.0. The molecule has 0 bridgehead atoms. The van der Waals surface area contributed by atoms with Gasteiger partial charge in [0.05, 0.1) is 0 Å². The normalized spacial score (nSPS) is 12.4. The van der Waals surface area contributed by atoms with E-state index in [-0.39, 0.29) is 6.04 Å². The van der Waals surface area contributed by atoms with Gasteiger partial charge in [-0.05, 0) is 43.0 Å². The number of hydrogen-bond donors (Lipinski definition) is 1. The molecule has 2 heteroatoms. The Morgan fingerprint density at radius 1 is 1.06 bits per heavy atom. The van der Waals surface area contributed by atoms with Gasteiger partial charge in [-0.2, -0.15) is 0 Å². The van der Waals surface area contributed by atoms with E-state index in [0.717, 1.165) is 12.8 Å². The summed E-state index contributed by atoms with van der Waals surface area (Å²) in [6.07, 6.45) is 5.45. The SMILES string of the molecule is Cc1cccc(CC(N)Cc2ccncc2)c1. The minimum Gasteiger partial charge on any atom is -0.327 e. The molecule has 0 fully saturated rings. The molecule has 1 unspecified atom stereocenters. The summed E-state index contributed by atoms with van der Waals surface area (Å²) >= 11 is 0. The highest BCUT2D eigenvalue weighted by molar-refractivity contribution is 5.23. The van der Waals surface area contributed by atoms with Crippen LogP contribution in [0.25, 0.3) is 0 Å². The zero-order chi connectivity index (χ0) is 12.1. The van der Waals surface area contributed by atoms with Gasteiger partial charge in [0.15, 0.2) is 0 Å². The Hall–Kier alpha value is -1.67. The molecule has 2 aromatic rings. The summed E-state index contributed by atoms with van der Waals surface area (Å²) < 4.78 is 0. The standard InChI is InChI=1S/C15H18N2/c1-12-3-2-4-14(9-12)11-15(16)10-13-5-7-17-8-6-13/h2-9,15H,10-11,16H2,1H3. The van der Waals surface area contributed by atoms with E-state index in [1.807, 2.05) is 24.5 Å². The van der Waals surface area contributed by atoms with Crippen LogP contribution in [0, 0.1) is 6.92 Å². The fourth-order valence-corrected chi connectivity index (χ4v) is 2.04. The van der Waals surface area contributed by atoms with Crippen LogP contribution < -0.4 is 5.73 Å². The molecule has 0 aliphatic heterocycles. The first-order chi connectivity index (χ1) is 8.24. The molecule has 1 aromatic carbocycles. The number of benzene rings is 1. The van der Waals surface area contributed by atoms with Crippen LogP contribution in [0.1, 0.15) is 16.7 Å². The summed E-state index contributed by atoms with van der Waals surface area (Å²) in [4.78, 5) is 4.01. The summed E-state index contributed by atoms with van der Waals surface area (Å²) in [6.45, 7) is 2.11. The van der Waals surface area contributed by atoms with E-state index in [4.69, 9.17) is 5.73 Å². The largest absolute Gasteiger partial charge is 0.327 e. The van der Waals surface area contributed by atoms with E-state index in [1.54, 1.807) is 0 Å². The first kappa shape index (κ1) is 11.8. The highest BCUT2D eigenvalue weighted by Crippen LogP contribution is 2.09. The van der Waals surface area contributed by atoms with Crippen molar-refractivity contribution in [3.63, 3.8) is 0 Å². The van der Waals surface area contributed by atoms with E-state index < -0.39 is 0 Å². The lowest BCUT2D eigenvalue weighted by atomic mass is 9.99. The second kappa shape index (κ2) is 5.60. The first-order valence-electron chi connectivity index (χ1n) is 5.94. The molecule has 2 N–H and O–H groups in total. The molecule has 0 aliphatic carbocycles. The molecule has 0 saturated heterocycles. The van der Waals surface area contributed by atoms with Crippen LogP contribution >= 0.6 is 0 Å². The van der Waals surface area contributed by atoms with Gasteiger partial charge in [-0.1, -0.05) is 29.8 Å². The monoisotopic (exact) mass is 226 g/mol. The maximum absolute atomic E-state index is 6.17. The molecule has 17 heavy (non-hydrogen) atoms. The maximum atomic E-state index is 6.17. The van der Waals surface area contributed by atoms with Crippen LogP contribution in [-0.4, -0.2) is 11.0 Å². The maximum Gasteiger partial charge on any atom is 0.0270 e. The number of nitrogens with two attached hydrogens (primary N) is 1. The number of pyridine rings is 1. The van der Waals surface area contributed by atoms with Crippen molar-refractivity contribution in [1.29, 1.82) is 0 Å². The van der Waals surface area contributed by atoms with Gasteiger partial charge in [-0.25, -0.2) is 0 Å². The minimum absolute atomic E-state index is 0.166. The molecule has 88 valence electrons. The molecule has 0 aliphatic rings. The van der Waals surface area contributed by atoms with Crippen LogP contribution in [0.4, 0.5) is 0 Å². The summed E-state index contributed by atoms with van der Waals surface area (Å²) in [5, 5.41) is 0. The number of aromatic nitrogens is 1. The average Bonchev–Trinajstić information content (AvgIpc) is 2.30. The Labute approximate surface area is 103 Å². The van der Waals surface area contributed by atoms with Gasteiger partial charge in [-0.15, -0.1) is 0 Å². The van der Waals surface area contributed by atoms with Gasteiger partial charge in [0.2, 0.25) is 0 Å². The van der Waals surface area contributed by atoms with Crippen molar-refractivity contribution in [3.05, 3.63) is 65.5 Å². The predicted octanol–water partition coefficient (Wildman–Crippen LogP) is 2.50. The van der Waals surface area contributed by atoms with Crippen molar-refractivity contribution in [2.24, 2.45) is 5.73 Å². The van der Waals surface area contributed by atoms with E-state index in [2.05, 4.69) is 36.2 Å². The third kappa shape index (κ3) is 3.68. The lowest BCUT2D eigenvalue weighted by Gasteiger charge is -2.12. The molecule has 0 amide bonds. The van der Waals surface area contributed by atoms with Crippen LogP contribution in [0.2, 0.25) is 0 Å². The van der Waals surface area contributed by atoms with Gasteiger partial charge in [0, 0.05) is 18.4 Å². The van der Waals surface area contributed by atoms with Gasteiger partial charge in [0.25, 0.3) is 0 Å². The Morgan fingerprint density at radius 2 is 1.76 bits per heavy atom. The smallest absolute Gasteiger partial charge is 0.0270 e. The van der Waals surface area contributed by atoms with Gasteiger partial charge < -0.3 is 5.73 Å². The van der Waals surface area contributed by atoms with Gasteiger partial charge in [0.1, 0.15) is 0 Å². The van der Waals surface area contributed by atoms with E-state index >= 15 is 0 Å². The average molecular weight is 226 g/mol. The molecular formula is C15H18N2. The van der Waals surface area contributed by atoms with Crippen LogP contribution in [0.15, 0.2) is 48.8 Å². The zero-order valence-electron chi connectivity index (χ0n) is 10.1. The summed E-state index contributed by atoms with van der Waals surface area (Å²) in [6, 6.07) is 12.7. The van der Waals surface area contributed by atoms with Crippen molar-refractivity contribution >= 4 is 0 Å². The summed E-state index contributed by atoms with van der Waals surface area (Å²) in [7, 11) is 0. The first-order valence-corrected chi connectivity index (χ1v) is 5.94. The lowest BCUT2D eigenvalue weighted by Crippen LogP contribution is -2.25. The predicted molar refractivity (Wildman–Crippen MR) is 70.8 cm³/mol. The van der Waals surface area contributed by atoms with E-state index in [9.17, 15) is 0 Å². The van der Waals surface area contributed by atoms with Crippen LogP contribution in [-0.2, 0) is 12.8 Å². The number of nitrogens with zero attached hydrogens (tertiary/aromatic N) is 1. The molecule has 1 aromatic heterocycles. The Kier molecular flexibility index (Phi) is 3.89. The van der Waals surface area contributed by atoms with E-state index in [1.165, 1.54) is 16.7 Å². The Bertz CT molecular complexity index is 465. The Morgan fingerprint density at radius 3 is 2.47 bits per heavy atom. The van der Waals surface area contributed by atoms with Crippen molar-refractivity contribution in [2.75, 3.05) is 0 Å². The third-order valence-electron chi connectivity index (χ3n) is 2.83. The molecule has 2 nitrogen and oxygen atoms in total. The molecule has 2 rings (SSSR count). The number of aryl methyl sites for hydroxylation is 1. The van der Waals surface area contributed by atoms with Crippen LogP contribution in [0.3, 0.4) is 0 Å². The fraction of sp³-hybridized carbons (Fsp3) is 0.267. The van der Waals surface area contributed by atoms with Gasteiger partial charge >= 0.3 is 0 Å². The second-order valence-electron chi connectivity index (χ2n) is 4.51. The van der Waals surface area contributed by atoms with Crippen molar-refractivity contribution in [3.8, 4) is 0 Å². The summed E-state index contributed by atoms with van der Waals surface area (Å²) in [5.74, 6) is 0. The highest BCUT2D eigenvalue weighted by Gasteiger charge is 2.05. The Balaban J connectivity index is 1.96. The molecule has 0 spiro atoms. The molecule has 1 heterocycles. The number of rotatable bonds is 4. The highest BCUT2D eigenvalue weighted by atomic mass is 14.6. The van der Waals surface area contributed by atoms with Crippen molar-refractivity contribution in [1.82, 2.24) is 4.98 Å². The van der Waals surface area contributed by atoms with Crippen molar-refractivity contribution in [2.45, 2.75) is 25.8 Å². The van der Waals surface area contributed by atoms with Crippen molar-refractivity contribution < 1.29 is 0 Å². The zero-order valence-corrected chi connectivity index (χ0v) is 10.1. The van der Waals surface area contributed by atoms with E-state index in [0.29, 0.717) is 0 Å². The third-order valence-corrected chi connectivity index (χ3v) is 2.83. The van der Waals surface area contributed by atoms with Crippen LogP contribution in [0.5, 0.6) is 0 Å². The lowest BCUT2D eigenvalue weighted by molar-refractivity contribution is 0.664. The molecule has 1 atom stereocenters. The topological polar surface area (TPSA) is 38.9 Å². The molecule has 0 saturated carbocycles. The second-order valence-corrected chi connectivity index (χ2v) is 4.51. The fourth-order valence-electron chi connectivity index (χ4n) is 2.04. The van der Waals surface area contributed by atoms with Gasteiger partial charge in [-0.3, -0.25) is 4.98 Å².